The first-order valence-corrected chi connectivity index (χ1v) is 5.62. The Kier molecular flexibility index (Phi) is 3.21. The molecule has 6 heteroatoms. The van der Waals surface area contributed by atoms with Crippen molar-refractivity contribution in [2.75, 3.05) is 6.26 Å². The van der Waals surface area contributed by atoms with E-state index < -0.39 is 10.1 Å². The maximum absolute atomic E-state index is 9.19. The van der Waals surface area contributed by atoms with Gasteiger partial charge in [0.2, 0.25) is 0 Å². The summed E-state index contributed by atoms with van der Waals surface area (Å²) >= 11 is 0. The van der Waals surface area contributed by atoms with Gasteiger partial charge in [-0.25, -0.2) is 0 Å². The van der Waals surface area contributed by atoms with Crippen LogP contribution in [0.5, 0.6) is 0 Å². The zero-order valence-electron chi connectivity index (χ0n) is 7.51. The Morgan fingerprint density at radius 1 is 1.36 bits per heavy atom. The Morgan fingerprint density at radius 3 is 2.50 bits per heavy atom. The van der Waals surface area contributed by atoms with Crippen LogP contribution in [0.3, 0.4) is 0 Å². The van der Waals surface area contributed by atoms with Crippen LogP contribution in [0.4, 0.5) is 0 Å². The monoisotopic (exact) mass is 214 g/mol. The van der Waals surface area contributed by atoms with E-state index in [4.69, 9.17) is 4.55 Å². The van der Waals surface area contributed by atoms with E-state index in [1.54, 1.807) is 0 Å². The molecule has 0 unspecified atom stereocenters. The van der Waals surface area contributed by atoms with Crippen molar-refractivity contribution in [3.05, 3.63) is 30.5 Å². The van der Waals surface area contributed by atoms with Crippen molar-refractivity contribution in [2.45, 2.75) is 0 Å². The Balaban J connectivity index is 0.000000171. The molecule has 0 aliphatic rings. The number of nitrogens with zero attached hydrogens (tertiary/aromatic N) is 1. The summed E-state index contributed by atoms with van der Waals surface area (Å²) in [5.74, 6) is 0. The summed E-state index contributed by atoms with van der Waals surface area (Å²) in [6, 6.07) is 8.01. The van der Waals surface area contributed by atoms with Crippen LogP contribution >= 0.6 is 0 Å². The second-order valence-corrected chi connectivity index (χ2v) is 4.16. The molecule has 0 aliphatic carbocycles. The third kappa shape index (κ3) is 4.01. The van der Waals surface area contributed by atoms with Gasteiger partial charge in [-0.15, -0.1) is 0 Å². The first-order valence-electron chi connectivity index (χ1n) is 3.77. The summed E-state index contributed by atoms with van der Waals surface area (Å²) in [7, 11) is -3.67. The smallest absolute Gasteiger partial charge is 0.261 e. The molecule has 2 aromatic rings. The van der Waals surface area contributed by atoms with Crippen molar-refractivity contribution in [3.63, 3.8) is 0 Å². The number of hydrogen-bond donors (Lipinski definition) is 2. The third-order valence-corrected chi connectivity index (χ3v) is 1.35. The maximum atomic E-state index is 9.19. The fraction of sp³-hybridized carbons (Fsp3) is 0.125. The van der Waals surface area contributed by atoms with Crippen LogP contribution < -0.4 is 0 Å². The van der Waals surface area contributed by atoms with Crippen molar-refractivity contribution >= 4 is 21.0 Å². The van der Waals surface area contributed by atoms with Gasteiger partial charge in [-0.2, -0.15) is 13.5 Å². The van der Waals surface area contributed by atoms with E-state index >= 15 is 0 Å². The van der Waals surface area contributed by atoms with E-state index in [-0.39, 0.29) is 0 Å². The van der Waals surface area contributed by atoms with Crippen molar-refractivity contribution in [3.8, 4) is 0 Å². The van der Waals surface area contributed by atoms with Gasteiger partial charge in [0.15, 0.2) is 0 Å². The number of H-pyrrole nitrogens is 1. The van der Waals surface area contributed by atoms with Gasteiger partial charge < -0.3 is 0 Å². The van der Waals surface area contributed by atoms with Crippen LogP contribution in [0, 0.1) is 0 Å². The van der Waals surface area contributed by atoms with Gasteiger partial charge in [0.1, 0.15) is 0 Å². The molecule has 2 N–H and O–H groups in total. The van der Waals surface area contributed by atoms with Crippen molar-refractivity contribution in [1.82, 2.24) is 10.2 Å². The fourth-order valence-electron chi connectivity index (χ4n) is 0.883. The first kappa shape index (κ1) is 10.7. The summed E-state index contributed by atoms with van der Waals surface area (Å²) in [4.78, 5) is 0. The second kappa shape index (κ2) is 4.21. The highest BCUT2D eigenvalue weighted by Crippen LogP contribution is 2.06. The minimum absolute atomic E-state index is 0.715. The van der Waals surface area contributed by atoms with Crippen LogP contribution in [0.25, 0.3) is 10.9 Å². The zero-order chi connectivity index (χ0) is 10.6. The Bertz CT molecular complexity index is 466. The van der Waals surface area contributed by atoms with E-state index in [1.807, 2.05) is 30.5 Å². The number of hydrogen-bond acceptors (Lipinski definition) is 3. The van der Waals surface area contributed by atoms with Crippen LogP contribution in [0.15, 0.2) is 30.5 Å². The van der Waals surface area contributed by atoms with E-state index in [0.717, 1.165) is 10.9 Å². The average Bonchev–Trinajstić information content (AvgIpc) is 2.47. The summed E-state index contributed by atoms with van der Waals surface area (Å²) in [6.45, 7) is 0. The van der Waals surface area contributed by atoms with Gasteiger partial charge in [0, 0.05) is 5.39 Å². The van der Waals surface area contributed by atoms with Crippen LogP contribution in [0.1, 0.15) is 0 Å². The third-order valence-electron chi connectivity index (χ3n) is 1.35. The Hall–Kier alpha value is -1.40. The molecule has 1 heterocycles. The van der Waals surface area contributed by atoms with Crippen molar-refractivity contribution in [2.24, 2.45) is 0 Å². The van der Waals surface area contributed by atoms with Crippen LogP contribution in [0.2, 0.25) is 0 Å². The summed E-state index contributed by atoms with van der Waals surface area (Å²) in [6.07, 6.45) is 2.53. The molecule has 0 bridgehead atoms. The van der Waals surface area contributed by atoms with Crippen LogP contribution in [-0.4, -0.2) is 29.4 Å². The molecule has 2 rings (SSSR count). The highest BCUT2D eigenvalue weighted by atomic mass is 32.2. The predicted molar refractivity (Wildman–Crippen MR) is 53.6 cm³/mol. The summed E-state index contributed by atoms with van der Waals surface area (Å²) in [5, 5.41) is 7.91. The molecule has 0 aliphatic heterocycles. The molecule has 1 aromatic heterocycles. The standard InChI is InChI=1S/C7H6N2.CH4O3S/c1-2-4-7-6(3-1)5-8-9-7;1-5(2,3)4/h1-5H,(H,8,9);1H3,(H,2,3,4). The van der Waals surface area contributed by atoms with E-state index in [0.29, 0.717) is 6.26 Å². The van der Waals surface area contributed by atoms with Gasteiger partial charge in [-0.05, 0) is 6.07 Å². The lowest BCUT2D eigenvalue weighted by molar-refractivity contribution is 0.490. The molecule has 0 radical (unpaired) electrons. The number of fused-ring (bicyclic) bond motifs is 1. The van der Waals surface area contributed by atoms with Gasteiger partial charge >= 0.3 is 0 Å². The van der Waals surface area contributed by atoms with E-state index in [2.05, 4.69) is 10.2 Å². The van der Waals surface area contributed by atoms with Gasteiger partial charge in [-0.3, -0.25) is 9.65 Å². The number of rotatable bonds is 0. The highest BCUT2D eigenvalue weighted by Gasteiger charge is 1.88. The minimum atomic E-state index is -3.67. The maximum Gasteiger partial charge on any atom is 0.261 e. The van der Waals surface area contributed by atoms with Crippen molar-refractivity contribution < 1.29 is 13.0 Å². The highest BCUT2D eigenvalue weighted by molar-refractivity contribution is 7.85. The normalized spacial score (nSPS) is 10.7. The number of para-hydroxylation sites is 1. The molecule has 5 nitrogen and oxygen atoms in total. The molecule has 0 fully saturated rings. The largest absolute Gasteiger partial charge is 0.286 e. The molecule has 0 atom stereocenters. The van der Waals surface area contributed by atoms with Gasteiger partial charge in [0.05, 0.1) is 18.0 Å². The zero-order valence-corrected chi connectivity index (χ0v) is 8.32. The molecule has 0 amide bonds. The molecule has 1 aromatic carbocycles. The van der Waals surface area contributed by atoms with Gasteiger partial charge in [0.25, 0.3) is 10.1 Å². The lowest BCUT2D eigenvalue weighted by Crippen LogP contribution is -1.88. The topological polar surface area (TPSA) is 83.0 Å². The molecule has 14 heavy (non-hydrogen) atoms. The molecular weight excluding hydrogens is 204 g/mol. The fourth-order valence-corrected chi connectivity index (χ4v) is 0.883. The van der Waals surface area contributed by atoms with Gasteiger partial charge in [-0.1, -0.05) is 18.2 Å². The lowest BCUT2D eigenvalue weighted by Gasteiger charge is -1.81. The quantitative estimate of drug-likeness (QED) is 0.642. The Labute approximate surface area is 81.5 Å². The number of aromatic amines is 1. The minimum Gasteiger partial charge on any atom is -0.286 e. The number of benzene rings is 1. The number of nitrogens with one attached hydrogen (secondary N) is 1. The molecule has 0 saturated heterocycles. The summed E-state index contributed by atoms with van der Waals surface area (Å²) in [5.41, 5.74) is 1.09. The lowest BCUT2D eigenvalue weighted by atomic mass is 10.3. The number of aromatic nitrogens is 2. The summed E-state index contributed by atoms with van der Waals surface area (Å²) < 4.78 is 25.9. The second-order valence-electron chi connectivity index (χ2n) is 2.69. The average molecular weight is 214 g/mol. The molecular formula is C8H10N2O3S. The van der Waals surface area contributed by atoms with E-state index in [9.17, 15) is 8.42 Å². The predicted octanol–water partition coefficient (Wildman–Crippen LogP) is 1.07. The van der Waals surface area contributed by atoms with Crippen molar-refractivity contribution in [1.29, 1.82) is 0 Å². The molecule has 0 spiro atoms. The van der Waals surface area contributed by atoms with Crippen LogP contribution in [-0.2, 0) is 10.1 Å². The molecule has 0 saturated carbocycles. The Morgan fingerprint density at radius 2 is 1.93 bits per heavy atom. The van der Waals surface area contributed by atoms with E-state index in [1.165, 1.54) is 0 Å². The first-order chi connectivity index (χ1) is 6.47. The molecule has 76 valence electrons. The SMILES string of the molecule is CS(=O)(=O)O.c1ccc2[nH]ncc2c1.